The van der Waals surface area contributed by atoms with Crippen LogP contribution in [0.15, 0.2) is 12.1 Å². The van der Waals surface area contributed by atoms with Gasteiger partial charge in [-0.2, -0.15) is 0 Å². The number of nitrogens with two attached hydrogens (primary N) is 1. The van der Waals surface area contributed by atoms with Crippen LogP contribution >= 0.6 is 11.6 Å². The van der Waals surface area contributed by atoms with E-state index >= 15 is 0 Å². The van der Waals surface area contributed by atoms with E-state index in [4.69, 9.17) is 17.3 Å². The summed E-state index contributed by atoms with van der Waals surface area (Å²) in [4.78, 5) is 17.7. The molecule has 1 atom stereocenters. The Bertz CT molecular complexity index is 439. The molecule has 1 aliphatic heterocycles. The van der Waals surface area contributed by atoms with Crippen LogP contribution in [-0.2, 0) is 4.74 Å². The molecule has 0 aromatic carbocycles. The first kappa shape index (κ1) is 12.1. The molecule has 2 rings (SSSR count). The van der Waals surface area contributed by atoms with E-state index < -0.39 is 5.97 Å². The maximum absolute atomic E-state index is 11.4. The van der Waals surface area contributed by atoms with Crippen molar-refractivity contribution in [2.24, 2.45) is 5.73 Å². The molecule has 1 aromatic heterocycles. The van der Waals surface area contributed by atoms with Gasteiger partial charge in [0.15, 0.2) is 0 Å². The molecule has 6 heteroatoms. The number of anilines is 1. The van der Waals surface area contributed by atoms with E-state index in [1.54, 1.807) is 6.07 Å². The number of pyridine rings is 1. The molecule has 0 aliphatic carbocycles. The number of hydrogen-bond acceptors (Lipinski definition) is 5. The van der Waals surface area contributed by atoms with Crippen LogP contribution in [0, 0.1) is 0 Å². The van der Waals surface area contributed by atoms with E-state index in [0.29, 0.717) is 11.4 Å². The van der Waals surface area contributed by atoms with Crippen LogP contribution in [0.5, 0.6) is 0 Å². The predicted molar refractivity (Wildman–Crippen MR) is 65.4 cm³/mol. The molecular formula is C11H14ClN3O2. The fourth-order valence-electron chi connectivity index (χ4n) is 1.88. The van der Waals surface area contributed by atoms with Crippen LogP contribution < -0.4 is 10.6 Å². The van der Waals surface area contributed by atoms with Crippen molar-refractivity contribution >= 4 is 23.4 Å². The van der Waals surface area contributed by atoms with Crippen LogP contribution in [0.2, 0.25) is 5.15 Å². The van der Waals surface area contributed by atoms with Crippen molar-refractivity contribution in [1.29, 1.82) is 0 Å². The first-order valence-electron chi connectivity index (χ1n) is 5.36. The number of carbonyl (C=O) groups excluding carboxylic acids is 1. The maximum atomic E-state index is 11.4. The van der Waals surface area contributed by atoms with Gasteiger partial charge >= 0.3 is 5.97 Å². The van der Waals surface area contributed by atoms with E-state index in [1.165, 1.54) is 13.2 Å². The normalized spacial score (nSPS) is 19.5. The molecule has 0 spiro atoms. The summed E-state index contributed by atoms with van der Waals surface area (Å²) in [7, 11) is 1.34. The van der Waals surface area contributed by atoms with Gasteiger partial charge in [-0.3, -0.25) is 0 Å². The van der Waals surface area contributed by atoms with Gasteiger partial charge in [0.1, 0.15) is 11.0 Å². The van der Waals surface area contributed by atoms with Crippen molar-refractivity contribution < 1.29 is 9.53 Å². The third-order valence-electron chi connectivity index (χ3n) is 2.75. The molecule has 1 aliphatic rings. The Morgan fingerprint density at radius 2 is 2.41 bits per heavy atom. The number of hydrogen-bond donors (Lipinski definition) is 1. The summed E-state index contributed by atoms with van der Waals surface area (Å²) in [5.74, 6) is 0.255. The number of halogens is 1. The largest absolute Gasteiger partial charge is 0.465 e. The van der Waals surface area contributed by atoms with E-state index in [-0.39, 0.29) is 11.2 Å². The minimum Gasteiger partial charge on any atom is -0.465 e. The first-order valence-corrected chi connectivity index (χ1v) is 5.74. The van der Waals surface area contributed by atoms with Crippen LogP contribution in [0.3, 0.4) is 0 Å². The quantitative estimate of drug-likeness (QED) is 0.632. The Morgan fingerprint density at radius 3 is 3.00 bits per heavy atom. The molecule has 2 heterocycles. The van der Waals surface area contributed by atoms with Crippen LogP contribution in [-0.4, -0.2) is 37.2 Å². The summed E-state index contributed by atoms with van der Waals surface area (Å²) in [6, 6.07) is 3.32. The van der Waals surface area contributed by atoms with E-state index in [2.05, 4.69) is 9.72 Å². The highest BCUT2D eigenvalue weighted by molar-refractivity contribution is 6.29. The highest BCUT2D eigenvalue weighted by atomic mass is 35.5. The molecule has 0 saturated carbocycles. The van der Waals surface area contributed by atoms with Crippen LogP contribution in [0.25, 0.3) is 0 Å². The van der Waals surface area contributed by atoms with Crippen molar-refractivity contribution in [2.75, 3.05) is 25.1 Å². The van der Waals surface area contributed by atoms with Gasteiger partial charge in [0.05, 0.1) is 12.7 Å². The summed E-state index contributed by atoms with van der Waals surface area (Å²) < 4.78 is 4.66. The monoisotopic (exact) mass is 255 g/mol. The topological polar surface area (TPSA) is 68.5 Å². The van der Waals surface area contributed by atoms with Crippen molar-refractivity contribution in [3.05, 3.63) is 22.8 Å². The molecule has 17 heavy (non-hydrogen) atoms. The number of aromatic nitrogens is 1. The maximum Gasteiger partial charge on any atom is 0.338 e. The smallest absolute Gasteiger partial charge is 0.338 e. The second-order valence-corrected chi connectivity index (χ2v) is 4.41. The van der Waals surface area contributed by atoms with E-state index in [1.807, 2.05) is 4.90 Å². The zero-order chi connectivity index (χ0) is 12.4. The highest BCUT2D eigenvalue weighted by Gasteiger charge is 2.21. The molecule has 0 radical (unpaired) electrons. The lowest BCUT2D eigenvalue weighted by Crippen LogP contribution is -2.27. The van der Waals surface area contributed by atoms with Crippen molar-refractivity contribution in [3.63, 3.8) is 0 Å². The standard InChI is InChI=1S/C11H14ClN3O2/c1-17-11(16)7-4-9(12)14-10(5-7)15-3-2-8(13)6-15/h4-5,8H,2-3,6,13H2,1H3/t8-/m1/s1. The molecule has 0 unspecified atom stereocenters. The van der Waals surface area contributed by atoms with Gasteiger partial charge in [0, 0.05) is 19.1 Å². The Labute approximate surface area is 105 Å². The van der Waals surface area contributed by atoms with Gasteiger partial charge in [0.2, 0.25) is 0 Å². The Morgan fingerprint density at radius 1 is 1.65 bits per heavy atom. The summed E-state index contributed by atoms with van der Waals surface area (Å²) >= 11 is 5.89. The highest BCUT2D eigenvalue weighted by Crippen LogP contribution is 2.22. The zero-order valence-electron chi connectivity index (χ0n) is 9.52. The first-order chi connectivity index (χ1) is 8.10. The second kappa shape index (κ2) is 4.89. The van der Waals surface area contributed by atoms with Gasteiger partial charge in [-0.25, -0.2) is 9.78 Å². The Kier molecular flexibility index (Phi) is 3.49. The molecule has 1 fully saturated rings. The lowest BCUT2D eigenvalue weighted by molar-refractivity contribution is 0.0600. The predicted octanol–water partition coefficient (Wildman–Crippen LogP) is 1.06. The Balaban J connectivity index is 2.28. The van der Waals surface area contributed by atoms with Crippen molar-refractivity contribution in [2.45, 2.75) is 12.5 Å². The van der Waals surface area contributed by atoms with Gasteiger partial charge in [-0.05, 0) is 18.6 Å². The molecule has 5 nitrogen and oxygen atoms in total. The minimum absolute atomic E-state index is 0.150. The number of esters is 1. The van der Waals surface area contributed by atoms with Crippen molar-refractivity contribution in [3.8, 4) is 0 Å². The molecule has 1 aromatic rings. The molecular weight excluding hydrogens is 242 g/mol. The fraction of sp³-hybridized carbons (Fsp3) is 0.455. The number of methoxy groups -OCH3 is 1. The minimum atomic E-state index is -0.418. The lowest BCUT2D eigenvalue weighted by atomic mass is 10.2. The second-order valence-electron chi connectivity index (χ2n) is 4.02. The summed E-state index contributed by atoms with van der Waals surface area (Å²) in [6.07, 6.45) is 0.918. The average molecular weight is 256 g/mol. The van der Waals surface area contributed by atoms with Gasteiger partial charge in [-0.15, -0.1) is 0 Å². The number of carbonyl (C=O) groups is 1. The molecule has 2 N–H and O–H groups in total. The van der Waals surface area contributed by atoms with Gasteiger partial charge < -0.3 is 15.4 Å². The molecule has 0 amide bonds. The Hall–Kier alpha value is -1.33. The summed E-state index contributed by atoms with van der Waals surface area (Å²) in [6.45, 7) is 1.56. The van der Waals surface area contributed by atoms with Gasteiger partial charge in [0.25, 0.3) is 0 Å². The summed E-state index contributed by atoms with van der Waals surface area (Å²) in [5.41, 5.74) is 6.24. The molecule has 92 valence electrons. The van der Waals surface area contributed by atoms with E-state index in [9.17, 15) is 4.79 Å². The van der Waals surface area contributed by atoms with Gasteiger partial charge in [-0.1, -0.05) is 11.6 Å². The molecule has 0 bridgehead atoms. The third kappa shape index (κ3) is 2.68. The lowest BCUT2D eigenvalue weighted by Gasteiger charge is -2.17. The average Bonchev–Trinajstić information content (AvgIpc) is 2.74. The van der Waals surface area contributed by atoms with Crippen molar-refractivity contribution in [1.82, 2.24) is 4.98 Å². The van der Waals surface area contributed by atoms with Crippen LogP contribution in [0.4, 0.5) is 5.82 Å². The van der Waals surface area contributed by atoms with Crippen LogP contribution in [0.1, 0.15) is 16.8 Å². The third-order valence-corrected chi connectivity index (χ3v) is 2.94. The SMILES string of the molecule is COC(=O)c1cc(Cl)nc(N2CC[C@@H](N)C2)c1. The zero-order valence-corrected chi connectivity index (χ0v) is 10.3. The summed E-state index contributed by atoms with van der Waals surface area (Å²) in [5, 5.41) is 0.281. The number of nitrogens with zero attached hydrogens (tertiary/aromatic N) is 2. The fourth-order valence-corrected chi connectivity index (χ4v) is 2.08. The number of rotatable bonds is 2. The number of ether oxygens (including phenoxy) is 1. The molecule has 1 saturated heterocycles. The van der Waals surface area contributed by atoms with E-state index in [0.717, 1.165) is 19.5 Å².